The van der Waals surface area contributed by atoms with Crippen molar-refractivity contribution >= 4 is 22.6 Å². The molecule has 0 radical (unpaired) electrons. The van der Waals surface area contributed by atoms with Gasteiger partial charge in [-0.05, 0) is 46.8 Å². The molecule has 2 aromatic carbocycles. The molecule has 0 bridgehead atoms. The van der Waals surface area contributed by atoms with Crippen LogP contribution in [0.4, 0.5) is 5.69 Å². The van der Waals surface area contributed by atoms with Gasteiger partial charge in [0, 0.05) is 11.8 Å². The first kappa shape index (κ1) is 14.8. The lowest BCUT2D eigenvalue weighted by atomic mass is 10.2. The predicted molar refractivity (Wildman–Crippen MR) is 89.6 cm³/mol. The molecule has 4 aromatic rings. The highest BCUT2D eigenvalue weighted by molar-refractivity contribution is 6.03. The molecule has 0 atom stereocenters. The predicted octanol–water partition coefficient (Wildman–Crippen LogP) is 2.02. The first-order chi connectivity index (χ1) is 12.2. The zero-order chi connectivity index (χ0) is 17.2. The van der Waals surface area contributed by atoms with Gasteiger partial charge in [-0.3, -0.25) is 9.59 Å². The van der Waals surface area contributed by atoms with Crippen LogP contribution in [0.3, 0.4) is 0 Å². The quantitative estimate of drug-likeness (QED) is 0.615. The summed E-state index contributed by atoms with van der Waals surface area (Å²) in [6.07, 6.45) is 1.47. The van der Waals surface area contributed by atoms with E-state index in [4.69, 9.17) is 4.42 Å². The standard InChI is InChI=1S/C17H11N5O3/c23-14-9-16(25-15-4-2-1-3-13(14)15)17(24)19-11-5-7-12(8-6-11)22-10-18-20-21-22/h1-10H,(H,19,24). The Morgan fingerprint density at radius 2 is 1.88 bits per heavy atom. The first-order valence-electron chi connectivity index (χ1n) is 7.38. The summed E-state index contributed by atoms with van der Waals surface area (Å²) in [4.78, 5) is 24.4. The van der Waals surface area contributed by atoms with E-state index in [-0.39, 0.29) is 11.2 Å². The second kappa shape index (κ2) is 6.00. The van der Waals surface area contributed by atoms with E-state index >= 15 is 0 Å². The molecule has 25 heavy (non-hydrogen) atoms. The molecule has 0 fully saturated rings. The van der Waals surface area contributed by atoms with Crippen molar-refractivity contribution in [2.75, 3.05) is 5.32 Å². The molecule has 8 heteroatoms. The third-order valence-corrected chi connectivity index (χ3v) is 3.60. The summed E-state index contributed by atoms with van der Waals surface area (Å²) < 4.78 is 7.01. The molecule has 0 saturated carbocycles. The number of nitrogens with one attached hydrogen (secondary N) is 1. The van der Waals surface area contributed by atoms with Crippen molar-refractivity contribution in [3.63, 3.8) is 0 Å². The SMILES string of the molecule is O=C(Nc1ccc(-n2cnnn2)cc1)c1cc(=O)c2ccccc2o1. The average molecular weight is 333 g/mol. The number of anilines is 1. The zero-order valence-corrected chi connectivity index (χ0v) is 12.8. The number of hydrogen-bond donors (Lipinski definition) is 1. The molecule has 1 amide bonds. The van der Waals surface area contributed by atoms with Crippen molar-refractivity contribution in [2.24, 2.45) is 0 Å². The minimum atomic E-state index is -0.502. The van der Waals surface area contributed by atoms with E-state index in [1.54, 1.807) is 48.5 Å². The highest BCUT2D eigenvalue weighted by atomic mass is 16.3. The summed E-state index contributed by atoms with van der Waals surface area (Å²) in [5.41, 5.74) is 1.41. The Kier molecular flexibility index (Phi) is 3.55. The van der Waals surface area contributed by atoms with Crippen molar-refractivity contribution in [3.8, 4) is 5.69 Å². The summed E-state index contributed by atoms with van der Waals surface area (Å²) in [6.45, 7) is 0. The van der Waals surface area contributed by atoms with Gasteiger partial charge in [0.05, 0.1) is 11.1 Å². The average Bonchev–Trinajstić information content (AvgIpc) is 3.17. The molecule has 8 nitrogen and oxygen atoms in total. The molecule has 122 valence electrons. The van der Waals surface area contributed by atoms with Gasteiger partial charge in [-0.25, -0.2) is 4.68 Å². The van der Waals surface area contributed by atoms with E-state index in [0.29, 0.717) is 16.7 Å². The maximum atomic E-state index is 12.3. The number of aromatic nitrogens is 4. The fraction of sp³-hybridized carbons (Fsp3) is 0. The van der Waals surface area contributed by atoms with Gasteiger partial charge >= 0.3 is 0 Å². The van der Waals surface area contributed by atoms with E-state index in [9.17, 15) is 9.59 Å². The van der Waals surface area contributed by atoms with Crippen LogP contribution in [0.2, 0.25) is 0 Å². The van der Waals surface area contributed by atoms with Crippen molar-refractivity contribution in [1.29, 1.82) is 0 Å². The second-order valence-electron chi connectivity index (χ2n) is 5.23. The lowest BCUT2D eigenvalue weighted by Gasteiger charge is -2.06. The van der Waals surface area contributed by atoms with Crippen LogP contribution in [0.25, 0.3) is 16.7 Å². The van der Waals surface area contributed by atoms with Gasteiger partial charge in [0.1, 0.15) is 11.9 Å². The third kappa shape index (κ3) is 2.88. The Labute approximate surface area is 140 Å². The van der Waals surface area contributed by atoms with Gasteiger partial charge in [-0.15, -0.1) is 5.10 Å². The van der Waals surface area contributed by atoms with Gasteiger partial charge in [0.25, 0.3) is 5.91 Å². The zero-order valence-electron chi connectivity index (χ0n) is 12.8. The molecule has 0 aliphatic carbocycles. The smallest absolute Gasteiger partial charge is 0.291 e. The van der Waals surface area contributed by atoms with Crippen molar-refractivity contribution in [1.82, 2.24) is 20.2 Å². The Morgan fingerprint density at radius 1 is 1.08 bits per heavy atom. The van der Waals surface area contributed by atoms with Gasteiger partial charge < -0.3 is 9.73 Å². The van der Waals surface area contributed by atoms with Crippen LogP contribution in [0.1, 0.15) is 10.6 Å². The van der Waals surface area contributed by atoms with E-state index in [2.05, 4.69) is 20.8 Å². The van der Waals surface area contributed by atoms with Gasteiger partial charge in [0.15, 0.2) is 11.2 Å². The van der Waals surface area contributed by atoms with Crippen LogP contribution < -0.4 is 10.7 Å². The highest BCUT2D eigenvalue weighted by Crippen LogP contribution is 2.15. The van der Waals surface area contributed by atoms with E-state index in [1.807, 2.05) is 0 Å². The van der Waals surface area contributed by atoms with Crippen LogP contribution in [0, 0.1) is 0 Å². The molecule has 2 heterocycles. The van der Waals surface area contributed by atoms with Crippen LogP contribution in [-0.2, 0) is 0 Å². The monoisotopic (exact) mass is 333 g/mol. The molecular weight excluding hydrogens is 322 g/mol. The third-order valence-electron chi connectivity index (χ3n) is 3.60. The number of tetrazole rings is 1. The first-order valence-corrected chi connectivity index (χ1v) is 7.38. The van der Waals surface area contributed by atoms with Gasteiger partial charge in [0.2, 0.25) is 0 Å². The number of carbonyl (C=O) groups excluding carboxylic acids is 1. The number of para-hydroxylation sites is 1. The summed E-state index contributed by atoms with van der Waals surface area (Å²) in [7, 11) is 0. The maximum absolute atomic E-state index is 12.3. The number of hydrogen-bond acceptors (Lipinski definition) is 6. The van der Waals surface area contributed by atoms with Crippen molar-refractivity contribution < 1.29 is 9.21 Å². The van der Waals surface area contributed by atoms with Crippen LogP contribution in [0.5, 0.6) is 0 Å². The number of rotatable bonds is 3. The molecule has 0 aliphatic rings. The minimum Gasteiger partial charge on any atom is -0.451 e. The summed E-state index contributed by atoms with van der Waals surface area (Å²) in [6, 6.07) is 14.9. The number of benzene rings is 2. The van der Waals surface area contributed by atoms with E-state index < -0.39 is 5.91 Å². The Balaban J connectivity index is 1.59. The number of amides is 1. The fourth-order valence-electron chi connectivity index (χ4n) is 2.39. The number of nitrogens with zero attached hydrogens (tertiary/aromatic N) is 4. The number of fused-ring (bicyclic) bond motifs is 1. The molecule has 0 aliphatic heterocycles. The fourth-order valence-corrected chi connectivity index (χ4v) is 2.39. The Hall–Kier alpha value is -3.81. The molecule has 0 saturated heterocycles. The lowest BCUT2D eigenvalue weighted by molar-refractivity contribution is 0.0997. The lowest BCUT2D eigenvalue weighted by Crippen LogP contribution is -2.15. The Bertz CT molecular complexity index is 1100. The minimum absolute atomic E-state index is 0.0479. The van der Waals surface area contributed by atoms with E-state index in [0.717, 1.165) is 5.69 Å². The summed E-state index contributed by atoms with van der Waals surface area (Å²) in [5.74, 6) is -0.550. The number of carbonyl (C=O) groups is 1. The van der Waals surface area contributed by atoms with Gasteiger partial charge in [-0.2, -0.15) is 0 Å². The van der Waals surface area contributed by atoms with Gasteiger partial charge in [-0.1, -0.05) is 12.1 Å². The largest absolute Gasteiger partial charge is 0.451 e. The van der Waals surface area contributed by atoms with Crippen molar-refractivity contribution in [2.45, 2.75) is 0 Å². The molecule has 4 rings (SSSR count). The molecular formula is C17H11N5O3. The summed E-state index contributed by atoms with van der Waals surface area (Å²) in [5, 5.41) is 14.0. The van der Waals surface area contributed by atoms with Crippen molar-refractivity contribution in [3.05, 3.63) is 76.9 Å². The van der Waals surface area contributed by atoms with Crippen LogP contribution >= 0.6 is 0 Å². The topological polar surface area (TPSA) is 103 Å². The molecule has 0 unspecified atom stereocenters. The van der Waals surface area contributed by atoms with Crippen LogP contribution in [0.15, 0.2) is 70.1 Å². The second-order valence-corrected chi connectivity index (χ2v) is 5.23. The highest BCUT2D eigenvalue weighted by Gasteiger charge is 2.12. The molecule has 2 aromatic heterocycles. The molecule has 0 spiro atoms. The Morgan fingerprint density at radius 3 is 2.64 bits per heavy atom. The maximum Gasteiger partial charge on any atom is 0.291 e. The normalized spacial score (nSPS) is 10.7. The summed E-state index contributed by atoms with van der Waals surface area (Å²) >= 11 is 0. The molecule has 1 N–H and O–H groups in total. The van der Waals surface area contributed by atoms with E-state index in [1.165, 1.54) is 17.1 Å². The van der Waals surface area contributed by atoms with Crippen LogP contribution in [-0.4, -0.2) is 26.1 Å².